The zero-order valence-electron chi connectivity index (χ0n) is 11.1. The number of benzene rings is 3. The van der Waals surface area contributed by atoms with Crippen LogP contribution in [0.1, 0.15) is 0 Å². The molecule has 1 aliphatic heterocycles. The SMILES string of the molecule is c1ccc2c(c1)[Se]c1ccc3c([nH]c4ccccc43)c1[Se]2. The minimum absolute atomic E-state index is 0.409. The topological polar surface area (TPSA) is 15.8 Å². The quantitative estimate of drug-likeness (QED) is 0.374. The Kier molecular flexibility index (Phi) is 2.59. The molecule has 0 atom stereocenters. The molecule has 0 radical (unpaired) electrons. The Hall–Kier alpha value is -1.50. The van der Waals surface area contributed by atoms with E-state index in [-0.39, 0.29) is 0 Å². The van der Waals surface area contributed by atoms with Gasteiger partial charge in [-0.05, 0) is 0 Å². The third kappa shape index (κ3) is 1.76. The van der Waals surface area contributed by atoms with Crippen LogP contribution >= 0.6 is 0 Å². The van der Waals surface area contributed by atoms with Gasteiger partial charge in [-0.2, -0.15) is 0 Å². The van der Waals surface area contributed by atoms with Gasteiger partial charge in [-0.3, -0.25) is 0 Å². The molecule has 21 heavy (non-hydrogen) atoms. The fourth-order valence-electron chi connectivity index (χ4n) is 2.90. The van der Waals surface area contributed by atoms with Crippen LogP contribution in [-0.4, -0.2) is 34.9 Å². The van der Waals surface area contributed by atoms with Crippen molar-refractivity contribution in [3.63, 3.8) is 0 Å². The summed E-state index contributed by atoms with van der Waals surface area (Å²) in [6, 6.07) is 22.2. The molecule has 1 N–H and O–H groups in total. The summed E-state index contributed by atoms with van der Waals surface area (Å²) in [5.41, 5.74) is 2.62. The zero-order chi connectivity index (χ0) is 13.8. The Morgan fingerprint density at radius 3 is 2.29 bits per heavy atom. The Labute approximate surface area is 135 Å². The number of aromatic nitrogens is 1. The summed E-state index contributed by atoms with van der Waals surface area (Å²) >= 11 is 0.851. The first kappa shape index (κ1) is 12.1. The van der Waals surface area contributed by atoms with E-state index < -0.39 is 0 Å². The second kappa shape index (κ2) is 4.50. The molecule has 0 unspecified atom stereocenters. The Balaban J connectivity index is 1.83. The van der Waals surface area contributed by atoms with Gasteiger partial charge in [0.05, 0.1) is 0 Å². The summed E-state index contributed by atoms with van der Waals surface area (Å²) in [6.07, 6.45) is 0. The number of nitrogens with one attached hydrogen (secondary N) is 1. The zero-order valence-corrected chi connectivity index (χ0v) is 14.5. The molecule has 1 nitrogen and oxygen atoms in total. The van der Waals surface area contributed by atoms with E-state index in [1.54, 1.807) is 17.8 Å². The third-order valence-electron chi connectivity index (χ3n) is 3.88. The van der Waals surface area contributed by atoms with Crippen molar-refractivity contribution in [2.24, 2.45) is 0 Å². The van der Waals surface area contributed by atoms with Gasteiger partial charge in [0, 0.05) is 0 Å². The first-order valence-corrected chi connectivity index (χ1v) is 10.3. The molecule has 100 valence electrons. The first-order valence-electron chi connectivity index (χ1n) is 6.88. The number of para-hydroxylation sites is 1. The molecule has 3 aromatic carbocycles. The van der Waals surface area contributed by atoms with Gasteiger partial charge in [0.25, 0.3) is 0 Å². The van der Waals surface area contributed by atoms with Gasteiger partial charge in [-0.1, -0.05) is 0 Å². The maximum atomic E-state index is 3.66. The van der Waals surface area contributed by atoms with Crippen LogP contribution in [0.4, 0.5) is 0 Å². The van der Waals surface area contributed by atoms with E-state index in [4.69, 9.17) is 0 Å². The molecule has 2 heterocycles. The summed E-state index contributed by atoms with van der Waals surface area (Å²) in [7, 11) is 0. The molecule has 0 bridgehead atoms. The van der Waals surface area contributed by atoms with Crippen molar-refractivity contribution in [1.29, 1.82) is 0 Å². The monoisotopic (exact) mass is 401 g/mol. The molecule has 3 heteroatoms. The van der Waals surface area contributed by atoms with Crippen molar-refractivity contribution < 1.29 is 0 Å². The average Bonchev–Trinajstić information content (AvgIpc) is 2.92. The van der Waals surface area contributed by atoms with Crippen LogP contribution in [0.5, 0.6) is 0 Å². The van der Waals surface area contributed by atoms with E-state index in [1.807, 2.05) is 0 Å². The van der Waals surface area contributed by atoms with Crippen molar-refractivity contribution >= 4 is 69.6 Å². The van der Waals surface area contributed by atoms with Crippen LogP contribution < -0.4 is 17.8 Å². The molecule has 0 spiro atoms. The number of rotatable bonds is 0. The van der Waals surface area contributed by atoms with Crippen molar-refractivity contribution in [2.75, 3.05) is 0 Å². The minimum atomic E-state index is 0.409. The summed E-state index contributed by atoms with van der Waals surface area (Å²) in [5, 5.41) is 2.72. The van der Waals surface area contributed by atoms with Crippen LogP contribution in [0.15, 0.2) is 60.7 Å². The standard InChI is InChI=1S/C18H11NSe2/c1-2-6-13-11(5-1)12-9-10-16-18(17(12)19-13)21-15-8-4-3-7-14(15)20-16/h1-10,19H. The van der Waals surface area contributed by atoms with Gasteiger partial charge in [0.1, 0.15) is 0 Å². The second-order valence-electron chi connectivity index (χ2n) is 5.14. The average molecular weight is 399 g/mol. The van der Waals surface area contributed by atoms with Gasteiger partial charge in [0.15, 0.2) is 0 Å². The van der Waals surface area contributed by atoms with Crippen LogP contribution in [0.2, 0.25) is 0 Å². The van der Waals surface area contributed by atoms with Gasteiger partial charge >= 0.3 is 135 Å². The molecule has 0 saturated heterocycles. The summed E-state index contributed by atoms with van der Waals surface area (Å²) in [5.74, 6) is 0. The number of hydrogen-bond acceptors (Lipinski definition) is 0. The number of H-pyrrole nitrogens is 1. The van der Waals surface area contributed by atoms with Gasteiger partial charge in [-0.25, -0.2) is 0 Å². The van der Waals surface area contributed by atoms with E-state index in [0.717, 1.165) is 0 Å². The summed E-state index contributed by atoms with van der Waals surface area (Å²) in [6.45, 7) is 0. The molecule has 4 aromatic rings. The summed E-state index contributed by atoms with van der Waals surface area (Å²) < 4.78 is 6.24. The van der Waals surface area contributed by atoms with Crippen LogP contribution in [-0.2, 0) is 0 Å². The molecule has 5 rings (SSSR count). The van der Waals surface area contributed by atoms with E-state index >= 15 is 0 Å². The molecule has 1 aromatic heterocycles. The fourth-order valence-corrected chi connectivity index (χ4v) is 8.60. The number of fused-ring (bicyclic) bond motifs is 6. The van der Waals surface area contributed by atoms with E-state index in [9.17, 15) is 0 Å². The van der Waals surface area contributed by atoms with E-state index in [1.165, 1.54) is 21.8 Å². The van der Waals surface area contributed by atoms with Crippen molar-refractivity contribution in [1.82, 2.24) is 4.98 Å². The van der Waals surface area contributed by atoms with Gasteiger partial charge in [-0.15, -0.1) is 0 Å². The molecule has 0 saturated carbocycles. The van der Waals surface area contributed by atoms with Crippen molar-refractivity contribution in [3.8, 4) is 0 Å². The predicted molar refractivity (Wildman–Crippen MR) is 92.3 cm³/mol. The second-order valence-corrected chi connectivity index (χ2v) is 9.62. The molecule has 0 fully saturated rings. The molecular formula is C18H11NSe2. The molecule has 1 aliphatic rings. The van der Waals surface area contributed by atoms with Crippen molar-refractivity contribution in [2.45, 2.75) is 0 Å². The Morgan fingerprint density at radius 2 is 1.38 bits per heavy atom. The van der Waals surface area contributed by atoms with Crippen LogP contribution in [0.25, 0.3) is 21.8 Å². The third-order valence-corrected chi connectivity index (χ3v) is 10.1. The first-order chi connectivity index (χ1) is 10.4. The normalized spacial score (nSPS) is 13.3. The Morgan fingerprint density at radius 1 is 0.619 bits per heavy atom. The van der Waals surface area contributed by atoms with E-state index in [2.05, 4.69) is 65.6 Å². The molecular weight excluding hydrogens is 388 g/mol. The fraction of sp³-hybridized carbons (Fsp3) is 0. The van der Waals surface area contributed by atoms with E-state index in [0.29, 0.717) is 29.9 Å². The van der Waals surface area contributed by atoms with Gasteiger partial charge in [0.2, 0.25) is 0 Å². The maximum absolute atomic E-state index is 3.66. The number of aromatic amines is 1. The van der Waals surface area contributed by atoms with Crippen molar-refractivity contribution in [3.05, 3.63) is 60.7 Å². The van der Waals surface area contributed by atoms with Crippen LogP contribution in [0.3, 0.4) is 0 Å². The predicted octanol–water partition coefficient (Wildman–Crippen LogP) is 0.944. The summed E-state index contributed by atoms with van der Waals surface area (Å²) in [4.78, 5) is 3.66. The van der Waals surface area contributed by atoms with Gasteiger partial charge < -0.3 is 0 Å². The number of hydrogen-bond donors (Lipinski definition) is 1. The Bertz CT molecular complexity index is 1000. The van der Waals surface area contributed by atoms with Crippen LogP contribution in [0, 0.1) is 0 Å². The molecule has 0 aliphatic carbocycles. The molecule has 0 amide bonds.